The van der Waals surface area contributed by atoms with Crippen LogP contribution in [0, 0.1) is 6.92 Å². The van der Waals surface area contributed by atoms with E-state index in [1.807, 2.05) is 19.1 Å². The van der Waals surface area contributed by atoms with E-state index in [0.29, 0.717) is 0 Å². The Bertz CT molecular complexity index is 916. The lowest BCUT2D eigenvalue weighted by Crippen LogP contribution is -2.28. The molecule has 0 N–H and O–H groups in total. The molecule has 2 aliphatic rings. The molecule has 0 saturated heterocycles. The average Bonchev–Trinajstić information content (AvgIpc) is 2.93. The van der Waals surface area contributed by atoms with E-state index in [4.69, 9.17) is 9.02 Å². The summed E-state index contributed by atoms with van der Waals surface area (Å²) in [4.78, 5) is 1.03. The van der Waals surface area contributed by atoms with E-state index < -0.39 is 0 Å². The van der Waals surface area contributed by atoms with Crippen LogP contribution in [-0.2, 0) is 4.28 Å². The normalized spacial score (nSPS) is 19.8. The molecule has 1 aliphatic heterocycles. The van der Waals surface area contributed by atoms with Gasteiger partial charge in [-0.15, -0.1) is 0 Å². The van der Waals surface area contributed by atoms with E-state index >= 15 is 0 Å². The number of ether oxygens (including phenoxy) is 1. The van der Waals surface area contributed by atoms with Crippen molar-refractivity contribution in [1.82, 2.24) is 0 Å². The number of aryl methyl sites for hydroxylation is 1. The highest BCUT2D eigenvalue weighted by Gasteiger charge is 2.29. The van der Waals surface area contributed by atoms with Gasteiger partial charge in [-0.2, -0.15) is 0 Å². The molecule has 3 nitrogen and oxygen atoms in total. The number of nitrogens with zero attached hydrogens (tertiary/aromatic N) is 1. The van der Waals surface area contributed by atoms with Crippen LogP contribution in [0.15, 0.2) is 46.4 Å². The fourth-order valence-electron chi connectivity index (χ4n) is 3.07. The highest BCUT2D eigenvalue weighted by atomic mass is 32.2. The Balaban J connectivity index is 1.60. The van der Waals surface area contributed by atoms with Crippen molar-refractivity contribution in [3.8, 4) is 5.75 Å². The third-order valence-electron chi connectivity index (χ3n) is 4.35. The molecular weight excluding hydrogens is 318 g/mol. The van der Waals surface area contributed by atoms with E-state index in [2.05, 4.69) is 48.5 Å². The van der Waals surface area contributed by atoms with Crippen LogP contribution in [0.2, 0.25) is 0 Å². The van der Waals surface area contributed by atoms with Crippen LogP contribution in [0.25, 0.3) is 12.2 Å². The van der Waals surface area contributed by atoms with Crippen molar-refractivity contribution in [1.29, 1.82) is 0 Å². The maximum atomic E-state index is 6.07. The van der Waals surface area contributed by atoms with E-state index in [1.54, 1.807) is 0 Å². The van der Waals surface area contributed by atoms with Gasteiger partial charge in [0.2, 0.25) is 0 Å². The van der Waals surface area contributed by atoms with Crippen molar-refractivity contribution in [2.45, 2.75) is 37.7 Å². The van der Waals surface area contributed by atoms with Crippen LogP contribution in [-0.4, -0.2) is 11.8 Å². The molecule has 0 amide bonds. The van der Waals surface area contributed by atoms with Crippen LogP contribution in [0.3, 0.4) is 0 Å². The highest BCUT2D eigenvalue weighted by Crippen LogP contribution is 2.27. The third kappa shape index (κ3) is 2.82. The second kappa shape index (κ2) is 6.36. The lowest BCUT2D eigenvalue weighted by molar-refractivity contribution is 0.294. The number of fused-ring (bicyclic) bond motifs is 3. The molecule has 24 heavy (non-hydrogen) atoms. The van der Waals surface area contributed by atoms with Crippen molar-refractivity contribution in [3.05, 3.63) is 58.0 Å². The Morgan fingerprint density at radius 1 is 1.08 bits per heavy atom. The molecule has 0 aromatic heterocycles. The fourth-order valence-corrected chi connectivity index (χ4v) is 3.52. The maximum absolute atomic E-state index is 6.07. The highest BCUT2D eigenvalue weighted by molar-refractivity contribution is 7.94. The Labute approximate surface area is 145 Å². The van der Waals surface area contributed by atoms with Crippen molar-refractivity contribution >= 4 is 29.9 Å². The first-order valence-corrected chi connectivity index (χ1v) is 8.95. The van der Waals surface area contributed by atoms with Gasteiger partial charge in [0.1, 0.15) is 29.6 Å². The molecule has 0 saturated carbocycles. The molecule has 122 valence electrons. The summed E-state index contributed by atoms with van der Waals surface area (Å²) in [7, 11) is 0. The number of hydrogen-bond donors (Lipinski definition) is 0. The van der Waals surface area contributed by atoms with Crippen LogP contribution >= 0.6 is 12.0 Å². The Kier molecular flexibility index (Phi) is 4.07. The minimum absolute atomic E-state index is 0.0968. The molecule has 1 aliphatic carbocycles. The zero-order valence-electron chi connectivity index (χ0n) is 13.8. The standard InChI is InChI=1S/C20H19NO2S/c1-13-7-10-16(11-8-13)24-23-21-19-14(2)22-20-17-6-4-3-5-15(17)9-12-18(19)20/h5-12,14H,3-4H2,1-2H3/b21-19+. The molecule has 0 fully saturated rings. The maximum Gasteiger partial charge on any atom is 0.142 e. The van der Waals surface area contributed by atoms with E-state index in [0.717, 1.165) is 34.8 Å². The van der Waals surface area contributed by atoms with Gasteiger partial charge >= 0.3 is 0 Å². The number of hydrogen-bond acceptors (Lipinski definition) is 4. The molecule has 1 heterocycles. The molecule has 1 atom stereocenters. The molecule has 0 bridgehead atoms. The van der Waals surface area contributed by atoms with Crippen LogP contribution in [0.4, 0.5) is 0 Å². The zero-order chi connectivity index (χ0) is 16.5. The lowest BCUT2D eigenvalue weighted by Gasteiger charge is -2.05. The molecule has 1 unspecified atom stereocenters. The van der Waals surface area contributed by atoms with Crippen LogP contribution in [0.1, 0.15) is 30.9 Å². The Morgan fingerprint density at radius 2 is 1.88 bits per heavy atom. The van der Waals surface area contributed by atoms with Gasteiger partial charge in [-0.25, -0.2) is 0 Å². The topological polar surface area (TPSA) is 30.8 Å². The summed E-state index contributed by atoms with van der Waals surface area (Å²) in [6.45, 7) is 4.08. The van der Waals surface area contributed by atoms with Crippen molar-refractivity contribution in [2.24, 2.45) is 5.16 Å². The molecule has 0 spiro atoms. The SMILES string of the molecule is Cc1ccc(SO/N=C2/c3ccc4c(c3OC2C)=CCCC=4)cc1. The zero-order valence-corrected chi connectivity index (χ0v) is 14.6. The second-order valence-corrected chi connectivity index (χ2v) is 6.93. The molecule has 4 rings (SSSR count). The van der Waals surface area contributed by atoms with Gasteiger partial charge < -0.3 is 9.02 Å². The summed E-state index contributed by atoms with van der Waals surface area (Å²) in [5.74, 6) is 0.943. The van der Waals surface area contributed by atoms with Gasteiger partial charge in [0.05, 0.1) is 4.90 Å². The first-order chi connectivity index (χ1) is 11.7. The smallest absolute Gasteiger partial charge is 0.142 e. The summed E-state index contributed by atoms with van der Waals surface area (Å²) >= 11 is 1.26. The Morgan fingerprint density at radius 3 is 2.71 bits per heavy atom. The van der Waals surface area contributed by atoms with Gasteiger partial charge in [-0.05, 0) is 50.1 Å². The molecule has 2 aromatic rings. The van der Waals surface area contributed by atoms with Gasteiger partial charge in [-0.3, -0.25) is 0 Å². The summed E-state index contributed by atoms with van der Waals surface area (Å²) in [5, 5.41) is 6.79. The molecule has 4 heteroatoms. The summed E-state index contributed by atoms with van der Waals surface area (Å²) < 4.78 is 11.6. The van der Waals surface area contributed by atoms with E-state index in [-0.39, 0.29) is 6.10 Å². The largest absolute Gasteiger partial charge is 0.483 e. The number of benzene rings is 2. The minimum atomic E-state index is -0.0968. The van der Waals surface area contributed by atoms with Gasteiger partial charge in [-0.1, -0.05) is 41.1 Å². The van der Waals surface area contributed by atoms with Crippen molar-refractivity contribution in [2.75, 3.05) is 0 Å². The third-order valence-corrected chi connectivity index (χ3v) is 4.97. The quantitative estimate of drug-likeness (QED) is 0.634. The monoisotopic (exact) mass is 337 g/mol. The first kappa shape index (κ1) is 15.3. The first-order valence-electron chi connectivity index (χ1n) is 8.21. The van der Waals surface area contributed by atoms with Crippen LogP contribution < -0.4 is 15.2 Å². The van der Waals surface area contributed by atoms with Crippen molar-refractivity contribution < 1.29 is 9.02 Å². The Hall–Kier alpha value is -2.20. The molecule has 0 radical (unpaired) electrons. The van der Waals surface area contributed by atoms with E-state index in [9.17, 15) is 0 Å². The van der Waals surface area contributed by atoms with Gasteiger partial charge in [0, 0.05) is 10.8 Å². The summed E-state index contributed by atoms with van der Waals surface area (Å²) in [6, 6.07) is 12.4. The number of oxime groups is 1. The van der Waals surface area contributed by atoms with Crippen molar-refractivity contribution in [3.63, 3.8) is 0 Å². The van der Waals surface area contributed by atoms with Gasteiger partial charge in [0.15, 0.2) is 0 Å². The second-order valence-electron chi connectivity index (χ2n) is 6.14. The lowest BCUT2D eigenvalue weighted by atomic mass is 10.0. The van der Waals surface area contributed by atoms with Crippen LogP contribution in [0.5, 0.6) is 5.75 Å². The van der Waals surface area contributed by atoms with E-state index in [1.165, 1.54) is 28.0 Å². The number of rotatable bonds is 3. The van der Waals surface area contributed by atoms with Gasteiger partial charge in [0.25, 0.3) is 0 Å². The molecule has 2 aromatic carbocycles. The molecular formula is C20H19NO2S. The summed E-state index contributed by atoms with van der Waals surface area (Å²) in [6.07, 6.45) is 6.58. The average molecular weight is 337 g/mol. The predicted molar refractivity (Wildman–Crippen MR) is 98.6 cm³/mol. The minimum Gasteiger partial charge on any atom is -0.483 e. The predicted octanol–water partition coefficient (Wildman–Crippen LogP) is 3.56. The summed E-state index contributed by atoms with van der Waals surface area (Å²) in [5.41, 5.74) is 3.12. The fraction of sp³-hybridized carbons (Fsp3) is 0.250.